The molecule has 1 aromatic heterocycles. The highest BCUT2D eigenvalue weighted by molar-refractivity contribution is 7.89. The summed E-state index contributed by atoms with van der Waals surface area (Å²) in [6.07, 6.45) is 3.21. The smallest absolute Gasteiger partial charge is 0.213 e. The van der Waals surface area contributed by atoms with E-state index in [2.05, 4.69) is 10.0 Å². The van der Waals surface area contributed by atoms with Gasteiger partial charge in [0.15, 0.2) is 0 Å². The highest BCUT2D eigenvalue weighted by atomic mass is 32.2. The average molecular weight is 316 g/mol. The molecule has 1 saturated heterocycles. The van der Waals surface area contributed by atoms with Crippen molar-refractivity contribution in [2.24, 2.45) is 5.92 Å². The van der Waals surface area contributed by atoms with Crippen molar-refractivity contribution in [1.29, 1.82) is 0 Å². The van der Waals surface area contributed by atoms with Crippen LogP contribution in [0.3, 0.4) is 0 Å². The van der Waals surface area contributed by atoms with Crippen molar-refractivity contribution < 1.29 is 8.42 Å². The highest BCUT2D eigenvalue weighted by Crippen LogP contribution is 2.26. The minimum absolute atomic E-state index is 0.0948. The van der Waals surface area contributed by atoms with Gasteiger partial charge < -0.3 is 5.32 Å². The highest BCUT2D eigenvalue weighted by Gasteiger charge is 2.26. The lowest BCUT2D eigenvalue weighted by molar-refractivity contribution is 0.417. The van der Waals surface area contributed by atoms with Crippen LogP contribution < -0.4 is 10.0 Å². The second kappa shape index (κ2) is 7.02. The molecule has 2 heterocycles. The summed E-state index contributed by atoms with van der Waals surface area (Å²) >= 11 is 1.60. The topological polar surface area (TPSA) is 58.2 Å². The van der Waals surface area contributed by atoms with Crippen molar-refractivity contribution in [3.05, 3.63) is 22.4 Å². The summed E-state index contributed by atoms with van der Waals surface area (Å²) in [5.41, 5.74) is 0. The second-order valence-electron chi connectivity index (χ2n) is 5.78. The normalized spacial score (nSPS) is 22.1. The fraction of sp³-hybridized carbons (Fsp3) is 0.714. The van der Waals surface area contributed by atoms with Gasteiger partial charge in [0.25, 0.3) is 0 Å². The number of sulfonamides is 1. The molecule has 4 nitrogen and oxygen atoms in total. The fourth-order valence-electron chi connectivity index (χ4n) is 2.56. The molecule has 1 fully saturated rings. The molecule has 0 aliphatic carbocycles. The van der Waals surface area contributed by atoms with Gasteiger partial charge in [-0.05, 0) is 36.8 Å². The quantitative estimate of drug-likeness (QED) is 0.848. The van der Waals surface area contributed by atoms with Crippen LogP contribution >= 0.6 is 11.3 Å². The summed E-state index contributed by atoms with van der Waals surface area (Å²) in [4.78, 5) is 1.08. The van der Waals surface area contributed by atoms with Crippen LogP contribution in [0.1, 0.15) is 44.0 Å². The molecule has 2 rings (SSSR count). The average Bonchev–Trinajstić information content (AvgIpc) is 2.90. The second-order valence-corrected chi connectivity index (χ2v) is 8.56. The molecule has 0 aromatic carbocycles. The Kier molecular flexibility index (Phi) is 5.60. The summed E-state index contributed by atoms with van der Waals surface area (Å²) in [5.74, 6) is 0.421. The van der Waals surface area contributed by atoms with E-state index in [0.29, 0.717) is 0 Å². The molecule has 1 aliphatic rings. The van der Waals surface area contributed by atoms with E-state index in [9.17, 15) is 8.42 Å². The summed E-state index contributed by atoms with van der Waals surface area (Å²) in [7, 11) is -3.26. The van der Waals surface area contributed by atoms with Crippen molar-refractivity contribution in [3.63, 3.8) is 0 Å². The van der Waals surface area contributed by atoms with Gasteiger partial charge in [0.05, 0.1) is 11.8 Å². The van der Waals surface area contributed by atoms with Gasteiger partial charge in [-0.3, -0.25) is 0 Å². The molecule has 0 spiro atoms. The van der Waals surface area contributed by atoms with Crippen LogP contribution in [-0.4, -0.2) is 26.8 Å². The lowest BCUT2D eigenvalue weighted by Crippen LogP contribution is -2.43. The first-order valence-electron chi connectivity index (χ1n) is 7.25. The molecule has 6 heteroatoms. The molecular weight excluding hydrogens is 292 g/mol. The number of hydrogen-bond donors (Lipinski definition) is 2. The van der Waals surface area contributed by atoms with Crippen molar-refractivity contribution in [1.82, 2.24) is 10.0 Å². The van der Waals surface area contributed by atoms with E-state index in [-0.39, 0.29) is 23.8 Å². The van der Waals surface area contributed by atoms with Crippen LogP contribution in [0.4, 0.5) is 0 Å². The van der Waals surface area contributed by atoms with Crippen LogP contribution in [0.25, 0.3) is 0 Å². The predicted molar refractivity (Wildman–Crippen MR) is 84.5 cm³/mol. The zero-order valence-corrected chi connectivity index (χ0v) is 13.8. The van der Waals surface area contributed by atoms with E-state index in [1.54, 1.807) is 11.3 Å². The number of hydrogen-bond acceptors (Lipinski definition) is 4. The van der Waals surface area contributed by atoms with Gasteiger partial charge in [-0.25, -0.2) is 13.1 Å². The van der Waals surface area contributed by atoms with Crippen molar-refractivity contribution in [3.8, 4) is 0 Å². The molecule has 2 N–H and O–H groups in total. The van der Waals surface area contributed by atoms with Gasteiger partial charge >= 0.3 is 0 Å². The Balaban J connectivity index is 2.01. The maximum absolute atomic E-state index is 12.4. The van der Waals surface area contributed by atoms with E-state index in [0.717, 1.165) is 30.7 Å². The molecule has 0 amide bonds. The summed E-state index contributed by atoms with van der Waals surface area (Å²) in [5, 5.41) is 5.28. The maximum Gasteiger partial charge on any atom is 0.213 e. The number of thiophene rings is 1. The molecule has 1 aliphatic heterocycles. The first-order valence-corrected chi connectivity index (χ1v) is 9.78. The third-order valence-electron chi connectivity index (χ3n) is 3.66. The van der Waals surface area contributed by atoms with E-state index in [1.165, 1.54) is 0 Å². The SMILES string of the molecule is CC(C)C(NS(=O)(=O)CC1CCCCN1)c1cccs1. The molecule has 20 heavy (non-hydrogen) atoms. The van der Waals surface area contributed by atoms with Gasteiger partial charge in [0.1, 0.15) is 0 Å². The van der Waals surface area contributed by atoms with Crippen molar-refractivity contribution >= 4 is 21.4 Å². The molecule has 0 radical (unpaired) electrons. The molecule has 0 bridgehead atoms. The minimum atomic E-state index is -3.26. The minimum Gasteiger partial charge on any atom is -0.313 e. The molecule has 0 saturated carbocycles. The first-order chi connectivity index (χ1) is 9.48. The molecule has 2 atom stereocenters. The van der Waals surface area contributed by atoms with E-state index in [1.807, 2.05) is 31.4 Å². The Hall–Kier alpha value is -0.430. The first kappa shape index (κ1) is 15.9. The Bertz CT molecular complexity index is 491. The summed E-state index contributed by atoms with van der Waals surface area (Å²) in [6, 6.07) is 3.93. The standard InChI is InChI=1S/C14H24N2O2S2/c1-11(2)14(13-7-5-9-19-13)16-20(17,18)10-12-6-3-4-8-15-12/h5,7,9,11-12,14-16H,3-4,6,8,10H2,1-2H3. The Morgan fingerprint density at radius 3 is 2.80 bits per heavy atom. The Morgan fingerprint density at radius 2 is 2.25 bits per heavy atom. The predicted octanol–water partition coefficient (Wildman–Crippen LogP) is 2.51. The fourth-order valence-corrected chi connectivity index (χ4v) is 5.28. The third-order valence-corrected chi connectivity index (χ3v) is 6.07. The Morgan fingerprint density at radius 1 is 1.45 bits per heavy atom. The number of piperidine rings is 1. The summed E-state index contributed by atoms with van der Waals surface area (Å²) in [6.45, 7) is 5.02. The van der Waals surface area contributed by atoms with Gasteiger partial charge in [-0.2, -0.15) is 0 Å². The van der Waals surface area contributed by atoms with Gasteiger partial charge in [-0.15, -0.1) is 11.3 Å². The number of rotatable bonds is 6. The van der Waals surface area contributed by atoms with Gasteiger partial charge in [-0.1, -0.05) is 26.3 Å². The van der Waals surface area contributed by atoms with E-state index >= 15 is 0 Å². The maximum atomic E-state index is 12.4. The van der Waals surface area contributed by atoms with E-state index < -0.39 is 10.0 Å². The van der Waals surface area contributed by atoms with Crippen molar-refractivity contribution in [2.45, 2.75) is 45.2 Å². The van der Waals surface area contributed by atoms with Gasteiger partial charge in [0, 0.05) is 10.9 Å². The molecule has 114 valence electrons. The lowest BCUT2D eigenvalue weighted by atomic mass is 10.0. The van der Waals surface area contributed by atoms with Crippen LogP contribution in [-0.2, 0) is 10.0 Å². The van der Waals surface area contributed by atoms with Crippen molar-refractivity contribution in [2.75, 3.05) is 12.3 Å². The lowest BCUT2D eigenvalue weighted by Gasteiger charge is -2.26. The Labute approximate surface area is 126 Å². The van der Waals surface area contributed by atoms with E-state index in [4.69, 9.17) is 0 Å². The largest absolute Gasteiger partial charge is 0.313 e. The van der Waals surface area contributed by atoms with Gasteiger partial charge in [0.2, 0.25) is 10.0 Å². The third kappa shape index (κ3) is 4.55. The zero-order chi connectivity index (χ0) is 14.6. The molecular formula is C14H24N2O2S2. The molecule has 1 aromatic rings. The number of nitrogens with one attached hydrogen (secondary N) is 2. The monoisotopic (exact) mass is 316 g/mol. The van der Waals surface area contributed by atoms with Crippen LogP contribution in [0.5, 0.6) is 0 Å². The molecule has 2 unspecified atom stereocenters. The van der Waals surface area contributed by atoms with Crippen LogP contribution in [0, 0.1) is 5.92 Å². The zero-order valence-electron chi connectivity index (χ0n) is 12.1. The summed E-state index contributed by atoms with van der Waals surface area (Å²) < 4.78 is 27.6. The van der Waals surface area contributed by atoms with Crippen LogP contribution in [0.2, 0.25) is 0 Å². The van der Waals surface area contributed by atoms with Crippen LogP contribution in [0.15, 0.2) is 17.5 Å².